The zero-order valence-corrected chi connectivity index (χ0v) is 15.6. The highest BCUT2D eigenvalue weighted by molar-refractivity contribution is 6.04. The number of rotatable bonds is 6. The van der Waals surface area contributed by atoms with E-state index >= 15 is 0 Å². The molecule has 6 heteroatoms. The highest BCUT2D eigenvalue weighted by atomic mass is 16.2. The maximum atomic E-state index is 12.4. The van der Waals surface area contributed by atoms with Crippen LogP contribution in [0.15, 0.2) is 48.5 Å². The number of likely N-dealkylation sites (tertiary alicyclic amines) is 1. The van der Waals surface area contributed by atoms with Gasteiger partial charge in [0.1, 0.15) is 0 Å². The monoisotopic (exact) mass is 377 g/mol. The second-order valence-electron chi connectivity index (χ2n) is 7.39. The summed E-state index contributed by atoms with van der Waals surface area (Å²) in [5.41, 5.74) is 2.79. The van der Waals surface area contributed by atoms with Crippen LogP contribution in [0.3, 0.4) is 0 Å². The van der Waals surface area contributed by atoms with Gasteiger partial charge in [0.2, 0.25) is 5.91 Å². The van der Waals surface area contributed by atoms with Crippen LogP contribution in [0.1, 0.15) is 52.0 Å². The Kier molecular flexibility index (Phi) is 5.10. The molecule has 2 N–H and O–H groups in total. The second-order valence-corrected chi connectivity index (χ2v) is 7.39. The second kappa shape index (κ2) is 7.84. The molecule has 2 fully saturated rings. The van der Waals surface area contributed by atoms with E-state index in [1.807, 2.05) is 17.0 Å². The van der Waals surface area contributed by atoms with Gasteiger partial charge in [0.05, 0.1) is 0 Å². The molecule has 144 valence electrons. The molecule has 1 aliphatic carbocycles. The van der Waals surface area contributed by atoms with E-state index in [0.717, 1.165) is 31.4 Å². The normalized spacial score (nSPS) is 16.1. The molecular weight excluding hydrogens is 354 g/mol. The van der Waals surface area contributed by atoms with Crippen molar-refractivity contribution in [3.05, 3.63) is 65.2 Å². The molecule has 0 aromatic heterocycles. The summed E-state index contributed by atoms with van der Waals surface area (Å²) in [6.45, 7) is 1.39. The van der Waals surface area contributed by atoms with Gasteiger partial charge in [-0.2, -0.15) is 0 Å². The zero-order chi connectivity index (χ0) is 19.5. The van der Waals surface area contributed by atoms with Crippen LogP contribution in [0, 0.1) is 0 Å². The Morgan fingerprint density at radius 3 is 2.18 bits per heavy atom. The predicted octanol–water partition coefficient (Wildman–Crippen LogP) is 2.95. The number of nitrogens with one attached hydrogen (secondary N) is 2. The number of benzene rings is 2. The number of hydrogen-bond donors (Lipinski definition) is 2. The first-order valence-electron chi connectivity index (χ1n) is 9.67. The van der Waals surface area contributed by atoms with Crippen molar-refractivity contribution in [2.45, 2.75) is 38.3 Å². The van der Waals surface area contributed by atoms with Gasteiger partial charge in [0.25, 0.3) is 11.8 Å². The van der Waals surface area contributed by atoms with Crippen molar-refractivity contribution in [3.8, 4) is 0 Å². The first kappa shape index (κ1) is 18.2. The van der Waals surface area contributed by atoms with Crippen LogP contribution in [-0.2, 0) is 11.3 Å². The number of nitrogens with zero attached hydrogens (tertiary/aromatic N) is 1. The van der Waals surface area contributed by atoms with E-state index in [-0.39, 0.29) is 17.7 Å². The Labute approximate surface area is 163 Å². The van der Waals surface area contributed by atoms with Crippen LogP contribution in [-0.4, -0.2) is 35.2 Å². The van der Waals surface area contributed by atoms with Crippen LogP contribution in [0.4, 0.5) is 5.69 Å². The molecule has 4 rings (SSSR count). The van der Waals surface area contributed by atoms with Gasteiger partial charge < -0.3 is 15.5 Å². The minimum absolute atomic E-state index is 0.0764. The summed E-state index contributed by atoms with van der Waals surface area (Å²) >= 11 is 0. The van der Waals surface area contributed by atoms with Gasteiger partial charge in [-0.15, -0.1) is 0 Å². The topological polar surface area (TPSA) is 78.5 Å². The molecule has 1 saturated carbocycles. The van der Waals surface area contributed by atoms with Crippen LogP contribution in [0.25, 0.3) is 0 Å². The minimum atomic E-state index is -0.209. The Balaban J connectivity index is 1.33. The van der Waals surface area contributed by atoms with Crippen LogP contribution in [0.2, 0.25) is 0 Å². The molecule has 28 heavy (non-hydrogen) atoms. The minimum Gasteiger partial charge on any atom is -0.349 e. The lowest BCUT2D eigenvalue weighted by atomic mass is 10.1. The third-order valence-electron chi connectivity index (χ3n) is 5.08. The fourth-order valence-corrected chi connectivity index (χ4v) is 3.26. The van der Waals surface area contributed by atoms with Gasteiger partial charge in [-0.1, -0.05) is 12.1 Å². The molecular formula is C22H23N3O3. The van der Waals surface area contributed by atoms with Crippen molar-refractivity contribution in [1.82, 2.24) is 10.2 Å². The van der Waals surface area contributed by atoms with Gasteiger partial charge in [-0.3, -0.25) is 14.4 Å². The van der Waals surface area contributed by atoms with E-state index in [9.17, 15) is 14.4 Å². The third-order valence-corrected chi connectivity index (χ3v) is 5.08. The maximum absolute atomic E-state index is 12.4. The zero-order valence-electron chi connectivity index (χ0n) is 15.6. The van der Waals surface area contributed by atoms with Gasteiger partial charge >= 0.3 is 0 Å². The van der Waals surface area contributed by atoms with Gasteiger partial charge in [0, 0.05) is 42.4 Å². The van der Waals surface area contributed by atoms with Crippen molar-refractivity contribution in [2.24, 2.45) is 0 Å². The molecule has 2 aromatic rings. The number of anilines is 1. The highest BCUT2D eigenvalue weighted by Gasteiger charge is 2.23. The fraction of sp³-hybridized carbons (Fsp3) is 0.318. The van der Waals surface area contributed by atoms with E-state index in [4.69, 9.17) is 0 Å². The molecule has 1 aliphatic heterocycles. The number of carbonyl (C=O) groups excluding carboxylic acids is 3. The smallest absolute Gasteiger partial charge is 0.255 e. The van der Waals surface area contributed by atoms with Crippen LogP contribution >= 0.6 is 0 Å². The largest absolute Gasteiger partial charge is 0.349 e. The molecule has 1 saturated heterocycles. The van der Waals surface area contributed by atoms with E-state index < -0.39 is 0 Å². The summed E-state index contributed by atoms with van der Waals surface area (Å²) < 4.78 is 0. The lowest BCUT2D eigenvalue weighted by Crippen LogP contribution is -2.25. The van der Waals surface area contributed by atoms with E-state index in [1.54, 1.807) is 36.4 Å². The van der Waals surface area contributed by atoms with Gasteiger partial charge in [0.15, 0.2) is 0 Å². The van der Waals surface area contributed by atoms with Crippen molar-refractivity contribution >= 4 is 23.4 Å². The summed E-state index contributed by atoms with van der Waals surface area (Å²) in [7, 11) is 0. The van der Waals surface area contributed by atoms with Crippen LogP contribution < -0.4 is 10.6 Å². The van der Waals surface area contributed by atoms with Crippen molar-refractivity contribution in [1.29, 1.82) is 0 Å². The maximum Gasteiger partial charge on any atom is 0.255 e. The SMILES string of the molecule is O=C(Nc1ccc(C(=O)NC2CC2)cc1)c1ccc(CN2CCCC2=O)cc1. The summed E-state index contributed by atoms with van der Waals surface area (Å²) in [5, 5.41) is 5.78. The average molecular weight is 377 g/mol. The van der Waals surface area contributed by atoms with Gasteiger partial charge in [-0.25, -0.2) is 0 Å². The Morgan fingerprint density at radius 2 is 1.57 bits per heavy atom. The molecule has 0 unspecified atom stereocenters. The Hall–Kier alpha value is -3.15. The average Bonchev–Trinajstić information content (AvgIpc) is 3.43. The Bertz CT molecular complexity index is 886. The van der Waals surface area contributed by atoms with Crippen molar-refractivity contribution in [2.75, 3.05) is 11.9 Å². The predicted molar refractivity (Wildman–Crippen MR) is 106 cm³/mol. The van der Waals surface area contributed by atoms with Gasteiger partial charge in [-0.05, 0) is 61.2 Å². The molecule has 0 radical (unpaired) electrons. The molecule has 1 heterocycles. The summed E-state index contributed by atoms with van der Waals surface area (Å²) in [6, 6.07) is 14.5. The molecule has 0 spiro atoms. The highest BCUT2D eigenvalue weighted by Crippen LogP contribution is 2.20. The first-order valence-corrected chi connectivity index (χ1v) is 9.67. The van der Waals surface area contributed by atoms with Crippen LogP contribution in [0.5, 0.6) is 0 Å². The standard InChI is InChI=1S/C22H23N3O3/c26-20-2-1-13-25(20)14-15-3-5-16(6-4-15)21(27)23-18-9-7-17(8-10-18)22(28)24-19-11-12-19/h3-10,19H,1-2,11-14H2,(H,23,27)(H,24,28). The van der Waals surface area contributed by atoms with E-state index in [1.165, 1.54) is 0 Å². The quantitative estimate of drug-likeness (QED) is 0.812. The lowest BCUT2D eigenvalue weighted by Gasteiger charge is -2.15. The number of carbonyl (C=O) groups is 3. The molecule has 2 aliphatic rings. The third kappa shape index (κ3) is 4.39. The summed E-state index contributed by atoms with van der Waals surface area (Å²) in [6.07, 6.45) is 3.64. The Morgan fingerprint density at radius 1 is 0.929 bits per heavy atom. The fourth-order valence-electron chi connectivity index (χ4n) is 3.26. The van der Waals surface area contributed by atoms with E-state index in [2.05, 4.69) is 10.6 Å². The molecule has 6 nitrogen and oxygen atoms in total. The first-order chi connectivity index (χ1) is 13.6. The van der Waals surface area contributed by atoms with Crippen molar-refractivity contribution in [3.63, 3.8) is 0 Å². The number of hydrogen-bond acceptors (Lipinski definition) is 3. The number of amides is 3. The van der Waals surface area contributed by atoms with E-state index in [0.29, 0.717) is 35.8 Å². The summed E-state index contributed by atoms with van der Waals surface area (Å²) in [5.74, 6) is -0.0949. The molecule has 0 atom stereocenters. The summed E-state index contributed by atoms with van der Waals surface area (Å²) in [4.78, 5) is 38.0. The van der Waals surface area contributed by atoms with Crippen molar-refractivity contribution < 1.29 is 14.4 Å². The molecule has 2 aromatic carbocycles. The lowest BCUT2D eigenvalue weighted by molar-refractivity contribution is -0.128. The molecule has 0 bridgehead atoms. The molecule has 3 amide bonds.